The van der Waals surface area contributed by atoms with Crippen molar-refractivity contribution in [3.05, 3.63) is 23.8 Å². The smallest absolute Gasteiger partial charge is 0.163 e. The molecule has 0 aromatic heterocycles. The lowest BCUT2D eigenvalue weighted by atomic mass is 10.1. The van der Waals surface area contributed by atoms with Gasteiger partial charge >= 0.3 is 0 Å². The maximum Gasteiger partial charge on any atom is 0.163 e. The van der Waals surface area contributed by atoms with Crippen molar-refractivity contribution in [2.24, 2.45) is 5.73 Å². The first-order valence-corrected chi connectivity index (χ1v) is 5.03. The number of phenolic OH excluding ortho intramolecular Hbond substituents is 1. The Morgan fingerprint density at radius 3 is 2.80 bits per heavy atom. The maximum atomic E-state index is 9.79. The van der Waals surface area contributed by atoms with Crippen molar-refractivity contribution in [1.29, 1.82) is 0 Å². The Morgan fingerprint density at radius 1 is 1.47 bits per heavy atom. The predicted molar refractivity (Wildman–Crippen MR) is 57.9 cm³/mol. The number of hydrogen-bond acceptors (Lipinski definition) is 4. The standard InChI is InChI=1S/C11H17NO3/c1-2-15-10-5-3-4-8(11(10)14)9(13)6-7-12/h3-5,9,13-14H,2,6-7,12H2,1H3. The van der Waals surface area contributed by atoms with E-state index in [1.54, 1.807) is 18.2 Å². The third-order valence-electron chi connectivity index (χ3n) is 2.13. The molecule has 1 aromatic carbocycles. The van der Waals surface area contributed by atoms with Crippen LogP contribution in [0.2, 0.25) is 0 Å². The van der Waals surface area contributed by atoms with Gasteiger partial charge in [-0.3, -0.25) is 0 Å². The molecule has 84 valence electrons. The number of aromatic hydroxyl groups is 1. The summed E-state index contributed by atoms with van der Waals surface area (Å²) in [6.07, 6.45) is -0.321. The molecule has 4 heteroatoms. The van der Waals surface area contributed by atoms with E-state index in [2.05, 4.69) is 0 Å². The minimum Gasteiger partial charge on any atom is -0.504 e. The van der Waals surface area contributed by atoms with E-state index in [0.717, 1.165) is 0 Å². The molecule has 0 amide bonds. The van der Waals surface area contributed by atoms with Crippen LogP contribution >= 0.6 is 0 Å². The van der Waals surface area contributed by atoms with Crippen LogP contribution in [0.4, 0.5) is 0 Å². The van der Waals surface area contributed by atoms with Crippen LogP contribution in [-0.2, 0) is 0 Å². The van der Waals surface area contributed by atoms with Crippen LogP contribution in [0.5, 0.6) is 11.5 Å². The Morgan fingerprint density at radius 2 is 2.20 bits per heavy atom. The van der Waals surface area contributed by atoms with Crippen molar-refractivity contribution in [2.45, 2.75) is 19.4 Å². The zero-order valence-electron chi connectivity index (χ0n) is 8.81. The van der Waals surface area contributed by atoms with Gasteiger partial charge < -0.3 is 20.7 Å². The monoisotopic (exact) mass is 211 g/mol. The summed E-state index contributed by atoms with van der Waals surface area (Å²) in [5.74, 6) is 0.395. The van der Waals surface area contributed by atoms with E-state index in [-0.39, 0.29) is 5.75 Å². The number of hydrogen-bond donors (Lipinski definition) is 3. The van der Waals surface area contributed by atoms with Gasteiger partial charge in [-0.05, 0) is 26.0 Å². The van der Waals surface area contributed by atoms with E-state index in [4.69, 9.17) is 10.5 Å². The first-order valence-electron chi connectivity index (χ1n) is 5.03. The third-order valence-corrected chi connectivity index (χ3v) is 2.13. The largest absolute Gasteiger partial charge is 0.504 e. The Labute approximate surface area is 89.3 Å². The zero-order chi connectivity index (χ0) is 11.3. The number of nitrogens with two attached hydrogens (primary N) is 1. The number of rotatable bonds is 5. The Hall–Kier alpha value is -1.26. The number of aliphatic hydroxyl groups excluding tert-OH is 1. The van der Waals surface area contributed by atoms with E-state index in [1.165, 1.54) is 0 Å². The average molecular weight is 211 g/mol. The third kappa shape index (κ3) is 2.84. The predicted octanol–water partition coefficient (Wildman–Crippen LogP) is 1.17. The lowest BCUT2D eigenvalue weighted by Gasteiger charge is -2.14. The molecule has 0 heterocycles. The van der Waals surface area contributed by atoms with Crippen molar-refractivity contribution in [1.82, 2.24) is 0 Å². The van der Waals surface area contributed by atoms with Gasteiger partial charge in [-0.15, -0.1) is 0 Å². The summed E-state index contributed by atoms with van der Waals surface area (Å²) in [4.78, 5) is 0. The molecular weight excluding hydrogens is 194 g/mol. The van der Waals surface area contributed by atoms with Gasteiger partial charge in [0.1, 0.15) is 0 Å². The molecule has 0 bridgehead atoms. The Kier molecular flexibility index (Phi) is 4.39. The highest BCUT2D eigenvalue weighted by Crippen LogP contribution is 2.34. The van der Waals surface area contributed by atoms with Crippen molar-refractivity contribution < 1.29 is 14.9 Å². The van der Waals surface area contributed by atoms with E-state index in [9.17, 15) is 10.2 Å². The van der Waals surface area contributed by atoms with Gasteiger partial charge in [0.2, 0.25) is 0 Å². The molecule has 4 nitrogen and oxygen atoms in total. The molecular formula is C11H17NO3. The van der Waals surface area contributed by atoms with E-state index in [1.807, 2.05) is 6.92 Å². The van der Waals surface area contributed by atoms with Crippen molar-refractivity contribution in [3.8, 4) is 11.5 Å². The van der Waals surface area contributed by atoms with Crippen LogP contribution in [0, 0.1) is 0 Å². The number of aliphatic hydroxyl groups is 1. The van der Waals surface area contributed by atoms with Gasteiger partial charge in [0.15, 0.2) is 11.5 Å². The molecule has 15 heavy (non-hydrogen) atoms. The van der Waals surface area contributed by atoms with Gasteiger partial charge in [0, 0.05) is 5.56 Å². The molecule has 0 radical (unpaired) electrons. The number of ether oxygens (including phenoxy) is 1. The van der Waals surface area contributed by atoms with Crippen LogP contribution in [-0.4, -0.2) is 23.4 Å². The van der Waals surface area contributed by atoms with Gasteiger partial charge in [-0.2, -0.15) is 0 Å². The van der Waals surface area contributed by atoms with Crippen LogP contribution in [0.15, 0.2) is 18.2 Å². The minimum atomic E-state index is -0.740. The minimum absolute atomic E-state index is 0.000278. The highest BCUT2D eigenvalue weighted by atomic mass is 16.5. The summed E-state index contributed by atoms with van der Waals surface area (Å²) >= 11 is 0. The second-order valence-corrected chi connectivity index (χ2v) is 3.22. The van der Waals surface area contributed by atoms with E-state index >= 15 is 0 Å². The zero-order valence-corrected chi connectivity index (χ0v) is 8.81. The summed E-state index contributed by atoms with van der Waals surface area (Å²) in [6.45, 7) is 2.69. The molecule has 1 aromatic rings. The highest BCUT2D eigenvalue weighted by Gasteiger charge is 2.14. The van der Waals surface area contributed by atoms with Crippen LogP contribution in [0.1, 0.15) is 25.0 Å². The normalized spacial score (nSPS) is 12.5. The molecule has 0 spiro atoms. The molecule has 1 rings (SSSR count). The molecule has 0 saturated carbocycles. The molecule has 0 fully saturated rings. The molecule has 0 saturated heterocycles. The van der Waals surface area contributed by atoms with Gasteiger partial charge in [-0.25, -0.2) is 0 Å². The lowest BCUT2D eigenvalue weighted by molar-refractivity contribution is 0.165. The number of benzene rings is 1. The fourth-order valence-corrected chi connectivity index (χ4v) is 1.39. The quantitative estimate of drug-likeness (QED) is 0.683. The first-order chi connectivity index (χ1) is 7.20. The molecule has 0 aliphatic rings. The molecule has 4 N–H and O–H groups in total. The fraction of sp³-hybridized carbons (Fsp3) is 0.455. The van der Waals surface area contributed by atoms with E-state index < -0.39 is 6.10 Å². The summed E-state index contributed by atoms with van der Waals surface area (Å²) < 4.78 is 5.21. The summed E-state index contributed by atoms with van der Waals surface area (Å²) in [5.41, 5.74) is 5.80. The highest BCUT2D eigenvalue weighted by molar-refractivity contribution is 5.46. The topological polar surface area (TPSA) is 75.7 Å². The second-order valence-electron chi connectivity index (χ2n) is 3.22. The van der Waals surface area contributed by atoms with Crippen molar-refractivity contribution in [2.75, 3.05) is 13.2 Å². The molecule has 0 aliphatic heterocycles. The fourth-order valence-electron chi connectivity index (χ4n) is 1.39. The van der Waals surface area contributed by atoms with E-state index in [0.29, 0.717) is 30.9 Å². The SMILES string of the molecule is CCOc1cccc(C(O)CCN)c1O. The molecule has 0 aliphatic carbocycles. The first kappa shape index (κ1) is 11.8. The van der Waals surface area contributed by atoms with Gasteiger partial charge in [0.05, 0.1) is 12.7 Å². The Balaban J connectivity index is 2.92. The van der Waals surface area contributed by atoms with Gasteiger partial charge in [0.25, 0.3) is 0 Å². The van der Waals surface area contributed by atoms with Crippen LogP contribution in [0.25, 0.3) is 0 Å². The maximum absolute atomic E-state index is 9.79. The van der Waals surface area contributed by atoms with Crippen LogP contribution < -0.4 is 10.5 Å². The second kappa shape index (κ2) is 5.58. The summed E-state index contributed by atoms with van der Waals surface area (Å²) in [6, 6.07) is 5.06. The summed E-state index contributed by atoms with van der Waals surface area (Å²) in [7, 11) is 0. The lowest BCUT2D eigenvalue weighted by Crippen LogP contribution is -2.07. The number of phenols is 1. The molecule has 1 unspecified atom stereocenters. The van der Waals surface area contributed by atoms with Crippen LogP contribution in [0.3, 0.4) is 0 Å². The number of para-hydroxylation sites is 1. The van der Waals surface area contributed by atoms with Crippen molar-refractivity contribution in [3.63, 3.8) is 0 Å². The van der Waals surface area contributed by atoms with Crippen molar-refractivity contribution >= 4 is 0 Å². The molecule has 1 atom stereocenters. The average Bonchev–Trinajstić information content (AvgIpc) is 2.22. The Bertz CT molecular complexity index is 315. The van der Waals surface area contributed by atoms with Gasteiger partial charge in [-0.1, -0.05) is 12.1 Å². The summed E-state index contributed by atoms with van der Waals surface area (Å²) in [5, 5.41) is 19.5.